The van der Waals surface area contributed by atoms with E-state index >= 15 is 0 Å². The summed E-state index contributed by atoms with van der Waals surface area (Å²) < 4.78 is 0. The number of nitrogens with two attached hydrogens (primary N) is 1. The number of pyridine rings is 1. The summed E-state index contributed by atoms with van der Waals surface area (Å²) >= 11 is 0. The molecule has 1 fully saturated rings. The molecule has 1 aromatic carbocycles. The van der Waals surface area contributed by atoms with Crippen molar-refractivity contribution in [2.75, 3.05) is 6.54 Å². The molecule has 3 rings (SSSR count). The monoisotopic (exact) mass is 285 g/mol. The highest BCUT2D eigenvalue weighted by molar-refractivity contribution is 5.96. The van der Waals surface area contributed by atoms with E-state index in [0.717, 1.165) is 31.1 Å². The van der Waals surface area contributed by atoms with E-state index in [9.17, 15) is 9.59 Å². The first-order valence-corrected chi connectivity index (χ1v) is 7.28. The summed E-state index contributed by atoms with van der Waals surface area (Å²) in [5.74, 6) is -0.259. The molecule has 0 unspecified atom stereocenters. The standard InChI is InChI=1S/C16H19N3O2/c17-10-16(7-3-4-8-16)19-15(21)13-9-11-5-1-2-6-12(11)14(20)18-13/h1-2,5-6,9H,3-4,7-8,10,17H2,(H,18,20)(H,19,21). The maximum absolute atomic E-state index is 12.4. The fourth-order valence-corrected chi connectivity index (χ4v) is 3.07. The Labute approximate surface area is 122 Å². The molecule has 5 heteroatoms. The lowest BCUT2D eigenvalue weighted by Gasteiger charge is -2.28. The maximum Gasteiger partial charge on any atom is 0.268 e. The van der Waals surface area contributed by atoms with Crippen LogP contribution in [0.1, 0.15) is 36.2 Å². The van der Waals surface area contributed by atoms with Gasteiger partial charge >= 0.3 is 0 Å². The molecular weight excluding hydrogens is 266 g/mol. The molecule has 0 radical (unpaired) electrons. The van der Waals surface area contributed by atoms with Gasteiger partial charge in [-0.2, -0.15) is 0 Å². The summed E-state index contributed by atoms with van der Waals surface area (Å²) in [5, 5.41) is 4.37. The van der Waals surface area contributed by atoms with E-state index in [1.165, 1.54) is 0 Å². The zero-order valence-corrected chi connectivity index (χ0v) is 11.8. The fourth-order valence-electron chi connectivity index (χ4n) is 3.07. The third-order valence-electron chi connectivity index (χ3n) is 4.33. The van der Waals surface area contributed by atoms with Crippen LogP contribution in [0, 0.1) is 0 Å². The normalized spacial score (nSPS) is 17.0. The van der Waals surface area contributed by atoms with Crippen LogP contribution in [0.4, 0.5) is 0 Å². The number of hydrogen-bond donors (Lipinski definition) is 3. The number of carbonyl (C=O) groups is 1. The van der Waals surface area contributed by atoms with E-state index in [0.29, 0.717) is 17.6 Å². The average Bonchev–Trinajstić information content (AvgIpc) is 2.96. The average molecular weight is 285 g/mol. The van der Waals surface area contributed by atoms with Crippen LogP contribution in [0.3, 0.4) is 0 Å². The van der Waals surface area contributed by atoms with Gasteiger partial charge in [-0.15, -0.1) is 0 Å². The number of aromatic nitrogens is 1. The van der Waals surface area contributed by atoms with Gasteiger partial charge in [-0.3, -0.25) is 9.59 Å². The van der Waals surface area contributed by atoms with Crippen LogP contribution in [0.25, 0.3) is 10.8 Å². The lowest BCUT2D eigenvalue weighted by Crippen LogP contribution is -2.52. The Balaban J connectivity index is 1.93. The van der Waals surface area contributed by atoms with Crippen LogP contribution in [0.15, 0.2) is 35.1 Å². The van der Waals surface area contributed by atoms with Crippen molar-refractivity contribution >= 4 is 16.7 Å². The predicted molar refractivity (Wildman–Crippen MR) is 82.3 cm³/mol. The molecular formula is C16H19N3O2. The quantitative estimate of drug-likeness (QED) is 0.799. The van der Waals surface area contributed by atoms with Crippen molar-refractivity contribution in [2.45, 2.75) is 31.2 Å². The largest absolute Gasteiger partial charge is 0.344 e. The van der Waals surface area contributed by atoms with E-state index < -0.39 is 0 Å². The first-order chi connectivity index (χ1) is 10.1. The van der Waals surface area contributed by atoms with Crippen molar-refractivity contribution in [2.24, 2.45) is 5.73 Å². The Kier molecular flexibility index (Phi) is 3.51. The first kappa shape index (κ1) is 13.8. The van der Waals surface area contributed by atoms with Crippen LogP contribution < -0.4 is 16.6 Å². The fraction of sp³-hybridized carbons (Fsp3) is 0.375. The Hall–Kier alpha value is -2.14. The molecule has 1 saturated carbocycles. The van der Waals surface area contributed by atoms with Crippen LogP contribution >= 0.6 is 0 Å². The molecule has 4 N–H and O–H groups in total. The zero-order chi connectivity index (χ0) is 14.9. The highest BCUT2D eigenvalue weighted by Crippen LogP contribution is 2.28. The second-order valence-electron chi connectivity index (χ2n) is 5.75. The molecule has 0 bridgehead atoms. The van der Waals surface area contributed by atoms with Gasteiger partial charge in [0.05, 0.1) is 5.54 Å². The lowest BCUT2D eigenvalue weighted by molar-refractivity contribution is 0.0898. The molecule has 110 valence electrons. The van der Waals surface area contributed by atoms with Crippen molar-refractivity contribution in [3.8, 4) is 0 Å². The molecule has 5 nitrogen and oxygen atoms in total. The van der Waals surface area contributed by atoms with Crippen LogP contribution in [0.2, 0.25) is 0 Å². The molecule has 0 atom stereocenters. The molecule has 1 aliphatic rings. The van der Waals surface area contributed by atoms with Gasteiger partial charge in [0, 0.05) is 11.9 Å². The van der Waals surface area contributed by atoms with Gasteiger partial charge in [0.2, 0.25) is 0 Å². The van der Waals surface area contributed by atoms with Crippen LogP contribution in [0.5, 0.6) is 0 Å². The topological polar surface area (TPSA) is 88.0 Å². The van der Waals surface area contributed by atoms with Crippen molar-refractivity contribution < 1.29 is 4.79 Å². The van der Waals surface area contributed by atoms with Crippen molar-refractivity contribution in [3.63, 3.8) is 0 Å². The second-order valence-corrected chi connectivity index (χ2v) is 5.75. The number of aromatic amines is 1. The minimum Gasteiger partial charge on any atom is -0.344 e. The van der Waals surface area contributed by atoms with Crippen molar-refractivity contribution in [3.05, 3.63) is 46.4 Å². The van der Waals surface area contributed by atoms with Gasteiger partial charge in [0.15, 0.2) is 0 Å². The summed E-state index contributed by atoms with van der Waals surface area (Å²) in [6.07, 6.45) is 3.94. The summed E-state index contributed by atoms with van der Waals surface area (Å²) in [6, 6.07) is 8.94. The smallest absolute Gasteiger partial charge is 0.268 e. The van der Waals surface area contributed by atoms with Gasteiger partial charge < -0.3 is 16.0 Å². The number of nitrogens with one attached hydrogen (secondary N) is 2. The number of amides is 1. The third-order valence-corrected chi connectivity index (χ3v) is 4.33. The Bertz CT molecular complexity index is 730. The summed E-state index contributed by atoms with van der Waals surface area (Å²) in [5.41, 5.74) is 5.56. The van der Waals surface area contributed by atoms with Crippen LogP contribution in [-0.2, 0) is 0 Å². The second kappa shape index (κ2) is 5.33. The lowest BCUT2D eigenvalue weighted by atomic mass is 9.97. The van der Waals surface area contributed by atoms with E-state index in [1.807, 2.05) is 12.1 Å². The van der Waals surface area contributed by atoms with Crippen LogP contribution in [-0.4, -0.2) is 23.0 Å². The number of hydrogen-bond acceptors (Lipinski definition) is 3. The highest BCUT2D eigenvalue weighted by atomic mass is 16.2. The molecule has 1 amide bonds. The van der Waals surface area contributed by atoms with E-state index in [1.54, 1.807) is 18.2 Å². The minimum absolute atomic E-state index is 0.244. The Morgan fingerprint density at radius 1 is 1.29 bits per heavy atom. The molecule has 1 aromatic heterocycles. The van der Waals surface area contributed by atoms with Gasteiger partial charge in [-0.05, 0) is 30.4 Å². The first-order valence-electron chi connectivity index (χ1n) is 7.28. The Morgan fingerprint density at radius 3 is 2.71 bits per heavy atom. The van der Waals surface area contributed by atoms with Gasteiger partial charge in [-0.1, -0.05) is 31.0 Å². The number of fused-ring (bicyclic) bond motifs is 1. The summed E-state index contributed by atoms with van der Waals surface area (Å²) in [6.45, 7) is 0.427. The Morgan fingerprint density at radius 2 is 2.00 bits per heavy atom. The highest BCUT2D eigenvalue weighted by Gasteiger charge is 2.34. The molecule has 1 aliphatic carbocycles. The number of H-pyrrole nitrogens is 1. The van der Waals surface area contributed by atoms with Gasteiger partial charge in [0.1, 0.15) is 5.69 Å². The number of carbonyl (C=O) groups excluding carboxylic acids is 1. The molecule has 0 aliphatic heterocycles. The van der Waals surface area contributed by atoms with Crippen molar-refractivity contribution in [1.82, 2.24) is 10.3 Å². The molecule has 2 aromatic rings. The zero-order valence-electron chi connectivity index (χ0n) is 11.8. The van der Waals surface area contributed by atoms with Gasteiger partial charge in [0.25, 0.3) is 11.5 Å². The molecule has 21 heavy (non-hydrogen) atoms. The van der Waals surface area contributed by atoms with Crippen molar-refractivity contribution in [1.29, 1.82) is 0 Å². The maximum atomic E-state index is 12.4. The minimum atomic E-state index is -0.320. The molecule has 1 heterocycles. The number of benzene rings is 1. The summed E-state index contributed by atoms with van der Waals surface area (Å²) in [7, 11) is 0. The SMILES string of the molecule is NCC1(NC(=O)c2cc3ccccc3c(=O)[nH]2)CCCC1. The third kappa shape index (κ3) is 2.56. The van der Waals surface area contributed by atoms with E-state index in [2.05, 4.69) is 10.3 Å². The summed E-state index contributed by atoms with van der Waals surface area (Å²) in [4.78, 5) is 27.1. The predicted octanol–water partition coefficient (Wildman–Crippen LogP) is 1.53. The van der Waals surface area contributed by atoms with Gasteiger partial charge in [-0.25, -0.2) is 0 Å². The van der Waals surface area contributed by atoms with E-state index in [4.69, 9.17) is 5.73 Å². The van der Waals surface area contributed by atoms with E-state index in [-0.39, 0.29) is 17.0 Å². The molecule has 0 spiro atoms. The molecule has 0 saturated heterocycles. The number of rotatable bonds is 3.